The highest BCUT2D eigenvalue weighted by Gasteiger charge is 2.23. The molecular formula is C24H31F2N. The standard InChI is InChI=1S/C24H31F2N/c1-2-3-4-7-18-10-12-20(13-11-18)22-9-6-5-8-19(22)14-15-21-16-17-23(25)27-24(21)26/h5-6,8-9,16-18,20H,2-4,7,10-15H2,1H3/t18-,20-. The summed E-state index contributed by atoms with van der Waals surface area (Å²) in [5.41, 5.74) is 3.22. The van der Waals surface area contributed by atoms with E-state index in [1.165, 1.54) is 74.6 Å². The Morgan fingerprint density at radius 2 is 1.63 bits per heavy atom. The van der Waals surface area contributed by atoms with Crippen molar-refractivity contribution in [3.05, 3.63) is 65.0 Å². The van der Waals surface area contributed by atoms with Crippen LogP contribution in [0.3, 0.4) is 0 Å². The molecule has 0 N–H and O–H groups in total. The number of benzene rings is 1. The minimum atomic E-state index is -0.757. The van der Waals surface area contributed by atoms with Gasteiger partial charge in [-0.05, 0) is 73.6 Å². The lowest BCUT2D eigenvalue weighted by Crippen LogP contribution is -2.15. The number of aromatic nitrogens is 1. The van der Waals surface area contributed by atoms with E-state index in [1.54, 1.807) is 0 Å². The maximum Gasteiger partial charge on any atom is 0.218 e. The molecular weight excluding hydrogens is 340 g/mol. The van der Waals surface area contributed by atoms with Crippen LogP contribution in [0.25, 0.3) is 0 Å². The maximum absolute atomic E-state index is 13.8. The smallest absolute Gasteiger partial charge is 0.190 e. The Bertz CT molecular complexity index is 720. The van der Waals surface area contributed by atoms with E-state index in [2.05, 4.69) is 36.2 Å². The molecule has 1 aromatic heterocycles. The van der Waals surface area contributed by atoms with Crippen LogP contribution in [-0.2, 0) is 12.8 Å². The Hall–Kier alpha value is -1.77. The number of hydrogen-bond acceptors (Lipinski definition) is 1. The lowest BCUT2D eigenvalue weighted by Gasteiger charge is -2.30. The van der Waals surface area contributed by atoms with Crippen molar-refractivity contribution >= 4 is 0 Å². The van der Waals surface area contributed by atoms with E-state index in [-0.39, 0.29) is 0 Å². The van der Waals surface area contributed by atoms with Crippen molar-refractivity contribution in [3.8, 4) is 0 Å². The van der Waals surface area contributed by atoms with E-state index < -0.39 is 11.9 Å². The first-order valence-electron chi connectivity index (χ1n) is 10.6. The molecule has 146 valence electrons. The summed E-state index contributed by atoms with van der Waals surface area (Å²) >= 11 is 0. The number of nitrogens with zero attached hydrogens (tertiary/aromatic N) is 1. The second-order valence-electron chi connectivity index (χ2n) is 8.00. The second-order valence-corrected chi connectivity index (χ2v) is 8.00. The summed E-state index contributed by atoms with van der Waals surface area (Å²) in [7, 11) is 0. The molecule has 0 saturated heterocycles. The highest BCUT2D eigenvalue weighted by molar-refractivity contribution is 5.32. The maximum atomic E-state index is 13.8. The molecule has 3 heteroatoms. The Kier molecular flexibility index (Phi) is 7.37. The largest absolute Gasteiger partial charge is 0.218 e. The van der Waals surface area contributed by atoms with Crippen LogP contribution >= 0.6 is 0 Å². The molecule has 1 fully saturated rings. The molecule has 1 aromatic carbocycles. The highest BCUT2D eigenvalue weighted by Crippen LogP contribution is 2.39. The van der Waals surface area contributed by atoms with E-state index in [0.29, 0.717) is 17.9 Å². The third kappa shape index (κ3) is 5.60. The normalized spacial score (nSPS) is 20.0. The number of halogens is 2. The molecule has 27 heavy (non-hydrogen) atoms. The third-order valence-corrected chi connectivity index (χ3v) is 6.11. The van der Waals surface area contributed by atoms with E-state index >= 15 is 0 Å². The van der Waals surface area contributed by atoms with Crippen molar-refractivity contribution in [1.29, 1.82) is 0 Å². The lowest BCUT2D eigenvalue weighted by atomic mass is 9.75. The Morgan fingerprint density at radius 3 is 2.37 bits per heavy atom. The molecule has 0 radical (unpaired) electrons. The van der Waals surface area contributed by atoms with Crippen LogP contribution in [0.2, 0.25) is 0 Å². The summed E-state index contributed by atoms with van der Waals surface area (Å²) in [6.07, 6.45) is 11.9. The Morgan fingerprint density at radius 1 is 0.889 bits per heavy atom. The minimum absolute atomic E-state index is 0.492. The van der Waals surface area contributed by atoms with Gasteiger partial charge in [-0.25, -0.2) is 0 Å². The van der Waals surface area contributed by atoms with Crippen molar-refractivity contribution in [2.45, 2.75) is 77.0 Å². The van der Waals surface area contributed by atoms with Crippen molar-refractivity contribution in [3.63, 3.8) is 0 Å². The van der Waals surface area contributed by atoms with Gasteiger partial charge < -0.3 is 0 Å². The van der Waals surface area contributed by atoms with Gasteiger partial charge >= 0.3 is 0 Å². The fourth-order valence-corrected chi connectivity index (χ4v) is 4.50. The van der Waals surface area contributed by atoms with Crippen LogP contribution in [0, 0.1) is 17.8 Å². The van der Waals surface area contributed by atoms with Crippen molar-refractivity contribution in [1.82, 2.24) is 4.98 Å². The molecule has 1 saturated carbocycles. The van der Waals surface area contributed by atoms with E-state index in [4.69, 9.17) is 0 Å². The molecule has 0 aliphatic heterocycles. The zero-order valence-corrected chi connectivity index (χ0v) is 16.4. The van der Waals surface area contributed by atoms with Crippen LogP contribution in [0.5, 0.6) is 0 Å². The van der Waals surface area contributed by atoms with Gasteiger partial charge in [0.15, 0.2) is 0 Å². The van der Waals surface area contributed by atoms with Crippen LogP contribution in [0.4, 0.5) is 8.78 Å². The SMILES string of the molecule is CCCCC[C@H]1CC[C@H](c2ccccc2CCc2ccc(F)nc2F)CC1. The first-order chi connectivity index (χ1) is 13.2. The molecule has 2 aromatic rings. The zero-order chi connectivity index (χ0) is 19.1. The van der Waals surface area contributed by atoms with Crippen molar-refractivity contribution in [2.75, 3.05) is 0 Å². The zero-order valence-electron chi connectivity index (χ0n) is 16.4. The van der Waals surface area contributed by atoms with Gasteiger partial charge in [-0.1, -0.05) is 56.9 Å². The van der Waals surface area contributed by atoms with Gasteiger partial charge in [0.05, 0.1) is 0 Å². The van der Waals surface area contributed by atoms with Gasteiger partial charge in [0.25, 0.3) is 0 Å². The Balaban J connectivity index is 1.59. The van der Waals surface area contributed by atoms with E-state index in [0.717, 1.165) is 12.3 Å². The van der Waals surface area contributed by atoms with Crippen molar-refractivity contribution in [2.24, 2.45) is 5.92 Å². The molecule has 1 heterocycles. The van der Waals surface area contributed by atoms with Crippen LogP contribution in [-0.4, -0.2) is 4.98 Å². The lowest BCUT2D eigenvalue weighted by molar-refractivity contribution is 0.302. The summed E-state index contributed by atoms with van der Waals surface area (Å²) in [6.45, 7) is 2.27. The number of rotatable bonds is 8. The molecule has 0 unspecified atom stereocenters. The molecule has 0 spiro atoms. The summed E-state index contributed by atoms with van der Waals surface area (Å²) in [4.78, 5) is 3.30. The van der Waals surface area contributed by atoms with Gasteiger partial charge in [0.2, 0.25) is 11.9 Å². The van der Waals surface area contributed by atoms with E-state index in [1.807, 2.05) is 0 Å². The predicted molar refractivity (Wildman–Crippen MR) is 107 cm³/mol. The Labute approximate surface area is 162 Å². The fourth-order valence-electron chi connectivity index (χ4n) is 4.50. The number of unbranched alkanes of at least 4 members (excludes halogenated alkanes) is 2. The van der Waals surface area contributed by atoms with Gasteiger partial charge in [-0.15, -0.1) is 0 Å². The molecule has 1 aliphatic rings. The minimum Gasteiger partial charge on any atom is -0.190 e. The monoisotopic (exact) mass is 371 g/mol. The van der Waals surface area contributed by atoms with Crippen molar-refractivity contribution < 1.29 is 8.78 Å². The van der Waals surface area contributed by atoms with Crippen LogP contribution < -0.4 is 0 Å². The molecule has 1 aliphatic carbocycles. The number of aryl methyl sites for hydroxylation is 2. The van der Waals surface area contributed by atoms with Gasteiger partial charge in [0.1, 0.15) is 0 Å². The third-order valence-electron chi connectivity index (χ3n) is 6.11. The second kappa shape index (κ2) is 9.96. The predicted octanol–water partition coefficient (Wildman–Crippen LogP) is 7.00. The molecule has 0 amide bonds. The average molecular weight is 372 g/mol. The fraction of sp³-hybridized carbons (Fsp3) is 0.542. The molecule has 3 rings (SSSR count). The number of hydrogen-bond donors (Lipinski definition) is 0. The quantitative estimate of drug-likeness (QED) is 0.359. The summed E-state index contributed by atoms with van der Waals surface area (Å²) in [5.74, 6) is 0.0894. The molecule has 1 nitrogen and oxygen atoms in total. The van der Waals surface area contributed by atoms with Gasteiger partial charge in [0, 0.05) is 5.56 Å². The first kappa shape index (κ1) is 20.0. The van der Waals surface area contributed by atoms with E-state index in [9.17, 15) is 8.78 Å². The van der Waals surface area contributed by atoms with Gasteiger partial charge in [-0.3, -0.25) is 0 Å². The molecule has 0 bridgehead atoms. The number of pyridine rings is 1. The van der Waals surface area contributed by atoms with Crippen LogP contribution in [0.1, 0.15) is 80.9 Å². The first-order valence-corrected chi connectivity index (χ1v) is 10.6. The van der Waals surface area contributed by atoms with Crippen LogP contribution in [0.15, 0.2) is 36.4 Å². The average Bonchev–Trinajstić information content (AvgIpc) is 2.68. The topological polar surface area (TPSA) is 12.9 Å². The summed E-state index contributed by atoms with van der Waals surface area (Å²) in [6, 6.07) is 11.3. The van der Waals surface area contributed by atoms with Gasteiger partial charge in [-0.2, -0.15) is 13.8 Å². The summed E-state index contributed by atoms with van der Waals surface area (Å²) in [5, 5.41) is 0. The molecule has 0 atom stereocenters. The highest BCUT2D eigenvalue weighted by atomic mass is 19.1. The summed E-state index contributed by atoms with van der Waals surface area (Å²) < 4.78 is 26.8.